The van der Waals surface area contributed by atoms with E-state index in [0.29, 0.717) is 0 Å². The Kier molecular flexibility index (Phi) is 4.36. The van der Waals surface area contributed by atoms with Crippen molar-refractivity contribution in [3.05, 3.63) is 29.3 Å². The topological polar surface area (TPSA) is 107 Å². The lowest BCUT2D eigenvalue weighted by Gasteiger charge is -2.06. The Morgan fingerprint density at radius 3 is 1.58 bits per heavy atom. The molecule has 1 aromatic carbocycles. The molecule has 0 saturated heterocycles. The molecule has 19 heavy (non-hydrogen) atoms. The van der Waals surface area contributed by atoms with Gasteiger partial charge in [-0.05, 0) is 12.1 Å². The molecule has 0 fully saturated rings. The van der Waals surface area contributed by atoms with E-state index in [0.717, 1.165) is 26.4 Å². The first-order valence-electron chi connectivity index (χ1n) is 5.01. The zero-order chi connectivity index (χ0) is 14.6. The fourth-order valence-electron chi connectivity index (χ4n) is 1.32. The molecule has 0 saturated carbocycles. The maximum Gasteiger partial charge on any atom is 0.379 e. The van der Waals surface area contributed by atoms with Crippen molar-refractivity contribution in [2.75, 3.05) is 14.2 Å². The van der Waals surface area contributed by atoms with E-state index in [2.05, 4.69) is 9.47 Å². The molecule has 0 radical (unpaired) electrons. The molecule has 1 N–H and O–H groups in total. The van der Waals surface area contributed by atoms with Gasteiger partial charge in [-0.2, -0.15) is 0 Å². The number of carbonyl (C=O) groups excluding carboxylic acids is 4. The quantitative estimate of drug-likeness (QED) is 0.468. The summed E-state index contributed by atoms with van der Waals surface area (Å²) in [6.45, 7) is 0. The highest BCUT2D eigenvalue weighted by molar-refractivity contribution is 6.44. The van der Waals surface area contributed by atoms with E-state index < -0.39 is 40.4 Å². The summed E-state index contributed by atoms with van der Waals surface area (Å²) in [7, 11) is 2.00. The van der Waals surface area contributed by atoms with Crippen LogP contribution in [0.25, 0.3) is 0 Å². The number of benzene rings is 1. The number of phenols is 1. The number of hydrogen-bond donors (Lipinski definition) is 1. The molecule has 0 bridgehead atoms. The van der Waals surface area contributed by atoms with Crippen molar-refractivity contribution >= 4 is 23.5 Å². The molecular weight excluding hydrogens is 256 g/mol. The molecule has 0 unspecified atom stereocenters. The van der Waals surface area contributed by atoms with E-state index in [-0.39, 0.29) is 0 Å². The van der Waals surface area contributed by atoms with E-state index in [4.69, 9.17) is 0 Å². The number of carbonyl (C=O) groups is 4. The zero-order valence-corrected chi connectivity index (χ0v) is 10.1. The standard InChI is InChI=1S/C12H10O7/c1-18-11(16)9(14)6-4-3-5-7(8(6)13)10(15)12(17)19-2/h3-5,13H,1-2H3. The molecule has 0 heterocycles. The van der Waals surface area contributed by atoms with Crippen LogP contribution in [0.15, 0.2) is 18.2 Å². The second-order valence-electron chi connectivity index (χ2n) is 3.34. The SMILES string of the molecule is COC(=O)C(=O)c1cccc(C(=O)C(=O)OC)c1O. The maximum atomic E-state index is 11.5. The van der Waals surface area contributed by atoms with Crippen molar-refractivity contribution in [1.29, 1.82) is 0 Å². The second-order valence-corrected chi connectivity index (χ2v) is 3.34. The smallest absolute Gasteiger partial charge is 0.379 e. The largest absolute Gasteiger partial charge is 0.506 e. The number of Topliss-reactive ketones (excluding diaryl/α,β-unsaturated/α-hetero) is 2. The predicted octanol–water partition coefficient (Wildman–Crippen LogP) is 0.104. The van der Waals surface area contributed by atoms with Crippen LogP contribution in [0.5, 0.6) is 5.75 Å². The average Bonchev–Trinajstić information content (AvgIpc) is 2.44. The average molecular weight is 266 g/mol. The molecule has 0 amide bonds. The first-order chi connectivity index (χ1) is 8.93. The second kappa shape index (κ2) is 5.76. The highest BCUT2D eigenvalue weighted by Crippen LogP contribution is 2.24. The lowest BCUT2D eigenvalue weighted by molar-refractivity contribution is -0.135. The van der Waals surface area contributed by atoms with Gasteiger partial charge in [-0.25, -0.2) is 9.59 Å². The Morgan fingerprint density at radius 2 is 1.26 bits per heavy atom. The van der Waals surface area contributed by atoms with Gasteiger partial charge in [0.25, 0.3) is 11.6 Å². The first-order valence-corrected chi connectivity index (χ1v) is 5.01. The number of aromatic hydroxyl groups is 1. The molecule has 1 rings (SSSR count). The Morgan fingerprint density at radius 1 is 0.895 bits per heavy atom. The number of phenolic OH excluding ortho intramolecular Hbond substituents is 1. The lowest BCUT2D eigenvalue weighted by atomic mass is 10.0. The van der Waals surface area contributed by atoms with E-state index in [9.17, 15) is 24.3 Å². The van der Waals surface area contributed by atoms with Crippen LogP contribution in [0.3, 0.4) is 0 Å². The number of rotatable bonds is 4. The summed E-state index contributed by atoms with van der Waals surface area (Å²) in [4.78, 5) is 45.2. The fraction of sp³-hybridized carbons (Fsp3) is 0.167. The van der Waals surface area contributed by atoms with Gasteiger partial charge in [0.05, 0.1) is 25.3 Å². The van der Waals surface area contributed by atoms with Gasteiger partial charge < -0.3 is 14.6 Å². The Bertz CT molecular complexity index is 513. The number of methoxy groups -OCH3 is 2. The normalized spacial score (nSPS) is 9.58. The third-order valence-electron chi connectivity index (χ3n) is 2.27. The van der Waals surface area contributed by atoms with Crippen molar-refractivity contribution < 1.29 is 33.8 Å². The molecule has 7 nitrogen and oxygen atoms in total. The highest BCUT2D eigenvalue weighted by atomic mass is 16.5. The Balaban J connectivity index is 3.26. The number of para-hydroxylation sites is 1. The van der Waals surface area contributed by atoms with Crippen LogP contribution in [0, 0.1) is 0 Å². The monoisotopic (exact) mass is 266 g/mol. The molecule has 7 heteroatoms. The van der Waals surface area contributed by atoms with Crippen LogP contribution in [-0.4, -0.2) is 42.8 Å². The summed E-state index contributed by atoms with van der Waals surface area (Å²) in [5.74, 6) is -5.41. The van der Waals surface area contributed by atoms with Gasteiger partial charge in [-0.15, -0.1) is 0 Å². The Hall–Kier alpha value is -2.70. The van der Waals surface area contributed by atoms with Gasteiger partial charge in [0.15, 0.2) is 0 Å². The summed E-state index contributed by atoms with van der Waals surface area (Å²) in [6, 6.07) is 3.50. The molecule has 100 valence electrons. The molecular formula is C12H10O7. The predicted molar refractivity (Wildman–Crippen MR) is 60.8 cm³/mol. The van der Waals surface area contributed by atoms with Crippen molar-refractivity contribution in [1.82, 2.24) is 0 Å². The van der Waals surface area contributed by atoms with Crippen LogP contribution < -0.4 is 0 Å². The zero-order valence-electron chi connectivity index (χ0n) is 10.1. The molecule has 0 aliphatic heterocycles. The minimum absolute atomic E-state index is 0.429. The maximum absolute atomic E-state index is 11.5. The summed E-state index contributed by atoms with van der Waals surface area (Å²) in [5.41, 5.74) is -0.858. The van der Waals surface area contributed by atoms with Gasteiger partial charge in [-0.3, -0.25) is 9.59 Å². The van der Waals surface area contributed by atoms with Crippen molar-refractivity contribution in [3.8, 4) is 5.75 Å². The van der Waals surface area contributed by atoms with Crippen LogP contribution >= 0.6 is 0 Å². The van der Waals surface area contributed by atoms with E-state index in [1.807, 2.05) is 0 Å². The number of ketones is 2. The fourth-order valence-corrected chi connectivity index (χ4v) is 1.32. The third-order valence-corrected chi connectivity index (χ3v) is 2.27. The van der Waals surface area contributed by atoms with E-state index >= 15 is 0 Å². The van der Waals surface area contributed by atoms with Crippen LogP contribution in [-0.2, 0) is 19.1 Å². The summed E-state index contributed by atoms with van der Waals surface area (Å²) < 4.78 is 8.43. The van der Waals surface area contributed by atoms with Crippen molar-refractivity contribution in [2.45, 2.75) is 0 Å². The van der Waals surface area contributed by atoms with Gasteiger partial charge in [0.2, 0.25) is 0 Å². The highest BCUT2D eigenvalue weighted by Gasteiger charge is 2.26. The molecule has 0 atom stereocenters. The summed E-state index contributed by atoms with van der Waals surface area (Å²) >= 11 is 0. The molecule has 1 aromatic rings. The Labute approximate surface area is 107 Å². The van der Waals surface area contributed by atoms with E-state index in [1.54, 1.807) is 0 Å². The van der Waals surface area contributed by atoms with Crippen LogP contribution in [0.2, 0.25) is 0 Å². The summed E-state index contributed by atoms with van der Waals surface area (Å²) in [6.07, 6.45) is 0. The van der Waals surface area contributed by atoms with E-state index in [1.165, 1.54) is 6.07 Å². The van der Waals surface area contributed by atoms with Gasteiger partial charge >= 0.3 is 11.9 Å². The third kappa shape index (κ3) is 2.76. The molecule has 0 aliphatic carbocycles. The van der Waals surface area contributed by atoms with Crippen molar-refractivity contribution in [3.63, 3.8) is 0 Å². The van der Waals surface area contributed by atoms with Crippen LogP contribution in [0.1, 0.15) is 20.7 Å². The number of hydrogen-bond acceptors (Lipinski definition) is 7. The van der Waals surface area contributed by atoms with Gasteiger partial charge in [0, 0.05) is 0 Å². The van der Waals surface area contributed by atoms with Gasteiger partial charge in [0.1, 0.15) is 5.75 Å². The lowest BCUT2D eigenvalue weighted by Crippen LogP contribution is -2.19. The number of ether oxygens (including phenoxy) is 2. The minimum atomic E-state index is -1.20. The van der Waals surface area contributed by atoms with Crippen LogP contribution in [0.4, 0.5) is 0 Å². The minimum Gasteiger partial charge on any atom is -0.506 e. The van der Waals surface area contributed by atoms with Crippen molar-refractivity contribution in [2.24, 2.45) is 0 Å². The molecule has 0 spiro atoms. The molecule has 0 aliphatic rings. The molecule has 0 aromatic heterocycles. The number of esters is 2. The van der Waals surface area contributed by atoms with Gasteiger partial charge in [-0.1, -0.05) is 6.07 Å². The first kappa shape index (κ1) is 14.4. The summed E-state index contributed by atoms with van der Waals surface area (Å²) in [5, 5.41) is 9.76.